The SMILES string of the molecule is Cc1cc(F)c(C=O)cc1Cl. The third kappa shape index (κ3) is 1.57. The Morgan fingerprint density at radius 3 is 2.73 bits per heavy atom. The summed E-state index contributed by atoms with van der Waals surface area (Å²) in [6.45, 7) is 1.68. The van der Waals surface area contributed by atoms with Gasteiger partial charge >= 0.3 is 0 Å². The van der Waals surface area contributed by atoms with Crippen LogP contribution in [0, 0.1) is 12.7 Å². The first-order valence-electron chi connectivity index (χ1n) is 3.06. The summed E-state index contributed by atoms with van der Waals surface area (Å²) >= 11 is 5.64. The molecular weight excluding hydrogens is 167 g/mol. The van der Waals surface area contributed by atoms with Crippen LogP contribution in [0.15, 0.2) is 12.1 Å². The van der Waals surface area contributed by atoms with Crippen molar-refractivity contribution in [1.82, 2.24) is 0 Å². The zero-order valence-corrected chi connectivity index (χ0v) is 6.65. The Morgan fingerprint density at radius 1 is 1.55 bits per heavy atom. The normalized spacial score (nSPS) is 9.73. The van der Waals surface area contributed by atoms with Crippen LogP contribution in [0.4, 0.5) is 4.39 Å². The van der Waals surface area contributed by atoms with Crippen LogP contribution in [-0.4, -0.2) is 6.29 Å². The van der Waals surface area contributed by atoms with E-state index in [1.54, 1.807) is 6.92 Å². The van der Waals surface area contributed by atoms with Crippen LogP contribution >= 0.6 is 11.6 Å². The summed E-state index contributed by atoms with van der Waals surface area (Å²) in [6, 6.07) is 2.56. The molecule has 0 bridgehead atoms. The molecule has 0 aliphatic heterocycles. The molecule has 58 valence electrons. The van der Waals surface area contributed by atoms with Gasteiger partial charge in [-0.25, -0.2) is 4.39 Å². The molecule has 1 rings (SSSR count). The third-order valence-corrected chi connectivity index (χ3v) is 1.81. The van der Waals surface area contributed by atoms with Gasteiger partial charge in [0.2, 0.25) is 0 Å². The maximum atomic E-state index is 12.7. The smallest absolute Gasteiger partial charge is 0.153 e. The Kier molecular flexibility index (Phi) is 2.25. The maximum Gasteiger partial charge on any atom is 0.153 e. The van der Waals surface area contributed by atoms with Crippen molar-refractivity contribution in [1.29, 1.82) is 0 Å². The average Bonchev–Trinajstić information content (AvgIpc) is 1.97. The molecule has 0 atom stereocenters. The van der Waals surface area contributed by atoms with Crippen LogP contribution < -0.4 is 0 Å². The first kappa shape index (κ1) is 8.21. The van der Waals surface area contributed by atoms with Crippen LogP contribution in [0.5, 0.6) is 0 Å². The lowest BCUT2D eigenvalue weighted by molar-refractivity contribution is 0.112. The molecule has 0 saturated heterocycles. The second-order valence-electron chi connectivity index (χ2n) is 2.24. The summed E-state index contributed by atoms with van der Waals surface area (Å²) in [5.74, 6) is -0.526. The molecule has 0 aliphatic rings. The lowest BCUT2D eigenvalue weighted by atomic mass is 10.1. The second kappa shape index (κ2) is 3.01. The Morgan fingerprint density at radius 2 is 2.18 bits per heavy atom. The van der Waals surface area contributed by atoms with Crippen LogP contribution in [0.2, 0.25) is 5.02 Å². The van der Waals surface area contributed by atoms with Crippen molar-refractivity contribution in [3.05, 3.63) is 34.1 Å². The minimum absolute atomic E-state index is 0.000556. The predicted octanol–water partition coefficient (Wildman–Crippen LogP) is 2.60. The van der Waals surface area contributed by atoms with Crippen molar-refractivity contribution >= 4 is 17.9 Å². The molecule has 0 N–H and O–H groups in total. The molecule has 3 heteroatoms. The molecule has 0 amide bonds. The lowest BCUT2D eigenvalue weighted by Crippen LogP contribution is -1.88. The molecular formula is C8H6ClFO. The fourth-order valence-electron chi connectivity index (χ4n) is 0.752. The quantitative estimate of drug-likeness (QED) is 0.595. The molecule has 1 nitrogen and oxygen atoms in total. The number of aldehydes is 1. The first-order valence-corrected chi connectivity index (χ1v) is 3.44. The Hall–Kier alpha value is -0.890. The predicted molar refractivity (Wildman–Crippen MR) is 41.5 cm³/mol. The molecule has 1 aromatic rings. The minimum atomic E-state index is -0.526. The largest absolute Gasteiger partial charge is 0.298 e. The molecule has 0 aromatic heterocycles. The van der Waals surface area contributed by atoms with Gasteiger partial charge in [-0.05, 0) is 24.6 Å². The number of hydrogen-bond acceptors (Lipinski definition) is 1. The fraction of sp³-hybridized carbons (Fsp3) is 0.125. The van der Waals surface area contributed by atoms with Crippen molar-refractivity contribution in [3.63, 3.8) is 0 Å². The van der Waals surface area contributed by atoms with Crippen LogP contribution in [0.25, 0.3) is 0 Å². The topological polar surface area (TPSA) is 17.1 Å². The molecule has 0 spiro atoms. The van der Waals surface area contributed by atoms with Crippen molar-refractivity contribution in [2.24, 2.45) is 0 Å². The lowest BCUT2D eigenvalue weighted by Gasteiger charge is -1.98. The van der Waals surface area contributed by atoms with Gasteiger partial charge in [-0.15, -0.1) is 0 Å². The highest BCUT2D eigenvalue weighted by molar-refractivity contribution is 6.31. The number of rotatable bonds is 1. The van der Waals surface area contributed by atoms with Gasteiger partial charge in [-0.3, -0.25) is 4.79 Å². The van der Waals surface area contributed by atoms with E-state index < -0.39 is 5.82 Å². The van der Waals surface area contributed by atoms with Crippen molar-refractivity contribution in [2.45, 2.75) is 6.92 Å². The van der Waals surface area contributed by atoms with E-state index in [0.29, 0.717) is 16.9 Å². The molecule has 0 saturated carbocycles. The number of halogens is 2. The van der Waals surface area contributed by atoms with E-state index >= 15 is 0 Å². The summed E-state index contributed by atoms with van der Waals surface area (Å²) < 4.78 is 12.7. The Labute approximate surface area is 68.8 Å². The first-order chi connectivity index (χ1) is 5.15. The van der Waals surface area contributed by atoms with E-state index in [1.165, 1.54) is 12.1 Å². The van der Waals surface area contributed by atoms with E-state index in [-0.39, 0.29) is 5.56 Å². The average molecular weight is 173 g/mol. The van der Waals surface area contributed by atoms with E-state index in [2.05, 4.69) is 0 Å². The Balaban J connectivity index is 3.31. The molecule has 0 aliphatic carbocycles. The highest BCUT2D eigenvalue weighted by Crippen LogP contribution is 2.18. The molecule has 0 radical (unpaired) electrons. The second-order valence-corrected chi connectivity index (χ2v) is 2.65. The van der Waals surface area contributed by atoms with E-state index in [1.807, 2.05) is 0 Å². The number of hydrogen-bond donors (Lipinski definition) is 0. The number of aryl methyl sites for hydroxylation is 1. The van der Waals surface area contributed by atoms with Gasteiger partial charge in [0.25, 0.3) is 0 Å². The number of carbonyl (C=O) groups excluding carboxylic acids is 1. The van der Waals surface area contributed by atoms with Gasteiger partial charge in [0.1, 0.15) is 5.82 Å². The van der Waals surface area contributed by atoms with Gasteiger partial charge in [0.15, 0.2) is 6.29 Å². The maximum absolute atomic E-state index is 12.7. The molecule has 0 fully saturated rings. The zero-order chi connectivity index (χ0) is 8.43. The summed E-state index contributed by atoms with van der Waals surface area (Å²) in [5.41, 5.74) is 0.635. The summed E-state index contributed by atoms with van der Waals surface area (Å²) in [5, 5.41) is 0.411. The van der Waals surface area contributed by atoms with E-state index in [9.17, 15) is 9.18 Å². The minimum Gasteiger partial charge on any atom is -0.298 e. The molecule has 0 unspecified atom stereocenters. The molecule has 11 heavy (non-hydrogen) atoms. The van der Waals surface area contributed by atoms with Gasteiger partial charge in [0.05, 0.1) is 5.56 Å². The highest BCUT2D eigenvalue weighted by atomic mass is 35.5. The highest BCUT2D eigenvalue weighted by Gasteiger charge is 2.03. The Bertz CT molecular complexity index is 296. The van der Waals surface area contributed by atoms with E-state index in [0.717, 1.165) is 0 Å². The zero-order valence-electron chi connectivity index (χ0n) is 5.90. The number of carbonyl (C=O) groups is 1. The van der Waals surface area contributed by atoms with Crippen LogP contribution in [-0.2, 0) is 0 Å². The number of benzene rings is 1. The van der Waals surface area contributed by atoms with Gasteiger partial charge in [-0.2, -0.15) is 0 Å². The van der Waals surface area contributed by atoms with Gasteiger partial charge < -0.3 is 0 Å². The molecule has 1 aromatic carbocycles. The van der Waals surface area contributed by atoms with Crippen LogP contribution in [0.3, 0.4) is 0 Å². The molecule has 0 heterocycles. The summed E-state index contributed by atoms with van der Waals surface area (Å²) in [6.07, 6.45) is 0.445. The van der Waals surface area contributed by atoms with Crippen molar-refractivity contribution in [2.75, 3.05) is 0 Å². The van der Waals surface area contributed by atoms with Crippen molar-refractivity contribution in [3.8, 4) is 0 Å². The third-order valence-electron chi connectivity index (χ3n) is 1.40. The van der Waals surface area contributed by atoms with Crippen molar-refractivity contribution < 1.29 is 9.18 Å². The van der Waals surface area contributed by atoms with E-state index in [4.69, 9.17) is 11.6 Å². The standard InChI is InChI=1S/C8H6ClFO/c1-5-2-8(10)6(4-11)3-7(5)9/h2-4H,1H3. The summed E-state index contributed by atoms with van der Waals surface area (Å²) in [4.78, 5) is 10.2. The summed E-state index contributed by atoms with van der Waals surface area (Å²) in [7, 11) is 0. The monoisotopic (exact) mass is 172 g/mol. The fourth-order valence-corrected chi connectivity index (χ4v) is 0.924. The van der Waals surface area contributed by atoms with Crippen LogP contribution in [0.1, 0.15) is 15.9 Å². The van der Waals surface area contributed by atoms with Gasteiger partial charge in [-0.1, -0.05) is 11.6 Å². The van der Waals surface area contributed by atoms with Gasteiger partial charge in [0, 0.05) is 5.02 Å².